The number of para-hydroxylation sites is 1. The van der Waals surface area contributed by atoms with Gasteiger partial charge in [0, 0.05) is 29.2 Å². The molecule has 2 aromatic carbocycles. The van der Waals surface area contributed by atoms with Crippen molar-refractivity contribution in [1.82, 2.24) is 8.94 Å². The predicted molar refractivity (Wildman–Crippen MR) is 116 cm³/mol. The highest BCUT2D eigenvalue weighted by molar-refractivity contribution is 7.10. The number of nitrogens with zero attached hydrogens (tertiary/aromatic N) is 3. The highest BCUT2D eigenvalue weighted by atomic mass is 32.1. The Morgan fingerprint density at radius 1 is 1.24 bits per heavy atom. The van der Waals surface area contributed by atoms with Crippen LogP contribution in [0.25, 0.3) is 10.9 Å². The SMILES string of the molecule is C=C(Nc1cc(C)ns1)C(=O)c1cn(Cc2ccc(C#N)cc2)c2ccccc12. The Kier molecular flexibility index (Phi) is 4.98. The molecule has 142 valence electrons. The summed E-state index contributed by atoms with van der Waals surface area (Å²) in [6.07, 6.45) is 1.87. The number of carbonyl (C=O) groups is 1. The Hall–Kier alpha value is -3.69. The van der Waals surface area contributed by atoms with Gasteiger partial charge in [0.15, 0.2) is 0 Å². The van der Waals surface area contributed by atoms with Gasteiger partial charge in [-0.2, -0.15) is 9.64 Å². The van der Waals surface area contributed by atoms with Crippen LogP contribution in [0.2, 0.25) is 0 Å². The first-order valence-electron chi connectivity index (χ1n) is 9.06. The minimum Gasteiger partial charge on any atom is -0.343 e. The fourth-order valence-corrected chi connectivity index (χ4v) is 3.92. The Labute approximate surface area is 172 Å². The molecule has 0 radical (unpaired) electrons. The van der Waals surface area contributed by atoms with Crippen LogP contribution in [0.4, 0.5) is 5.00 Å². The van der Waals surface area contributed by atoms with Gasteiger partial charge >= 0.3 is 0 Å². The quantitative estimate of drug-likeness (QED) is 0.361. The van der Waals surface area contributed by atoms with Crippen molar-refractivity contribution >= 4 is 33.2 Å². The summed E-state index contributed by atoms with van der Waals surface area (Å²) >= 11 is 1.30. The number of allylic oxidation sites excluding steroid dienone is 1. The largest absolute Gasteiger partial charge is 0.343 e. The van der Waals surface area contributed by atoms with E-state index >= 15 is 0 Å². The minimum atomic E-state index is -0.147. The van der Waals surface area contributed by atoms with Gasteiger partial charge in [-0.05, 0) is 48.3 Å². The molecule has 0 bridgehead atoms. The summed E-state index contributed by atoms with van der Waals surface area (Å²) in [6, 6.07) is 19.3. The lowest BCUT2D eigenvalue weighted by atomic mass is 10.1. The van der Waals surface area contributed by atoms with Crippen LogP contribution in [0, 0.1) is 18.3 Å². The van der Waals surface area contributed by atoms with E-state index in [2.05, 4.69) is 22.3 Å². The number of aromatic nitrogens is 2. The van der Waals surface area contributed by atoms with Crippen LogP contribution in [0.15, 0.2) is 73.1 Å². The number of carbonyl (C=O) groups excluding carboxylic acids is 1. The third-order valence-electron chi connectivity index (χ3n) is 4.65. The maximum atomic E-state index is 13.1. The maximum absolute atomic E-state index is 13.1. The molecule has 4 aromatic rings. The number of hydrogen-bond acceptors (Lipinski definition) is 5. The van der Waals surface area contributed by atoms with Crippen molar-refractivity contribution < 1.29 is 4.79 Å². The molecule has 0 amide bonds. The van der Waals surface area contributed by atoms with E-state index in [4.69, 9.17) is 5.26 Å². The molecule has 0 saturated heterocycles. The normalized spacial score (nSPS) is 10.6. The zero-order valence-electron chi connectivity index (χ0n) is 15.8. The van der Waals surface area contributed by atoms with Crippen molar-refractivity contribution in [1.29, 1.82) is 5.26 Å². The van der Waals surface area contributed by atoms with E-state index in [1.165, 1.54) is 11.5 Å². The molecule has 1 N–H and O–H groups in total. The molecule has 29 heavy (non-hydrogen) atoms. The van der Waals surface area contributed by atoms with Crippen molar-refractivity contribution in [3.63, 3.8) is 0 Å². The van der Waals surface area contributed by atoms with Gasteiger partial charge in [-0.15, -0.1) is 0 Å². The van der Waals surface area contributed by atoms with Crippen molar-refractivity contribution in [2.75, 3.05) is 5.32 Å². The van der Waals surface area contributed by atoms with Gasteiger partial charge in [-0.1, -0.05) is 36.9 Å². The molecule has 6 heteroatoms. The number of fused-ring (bicyclic) bond motifs is 1. The molecule has 0 aliphatic carbocycles. The van der Waals surface area contributed by atoms with E-state index in [-0.39, 0.29) is 5.78 Å². The van der Waals surface area contributed by atoms with E-state index in [1.54, 1.807) is 12.1 Å². The van der Waals surface area contributed by atoms with Crippen LogP contribution >= 0.6 is 11.5 Å². The van der Waals surface area contributed by atoms with Crippen molar-refractivity contribution in [3.05, 3.63) is 95.5 Å². The summed E-state index contributed by atoms with van der Waals surface area (Å²) in [5.74, 6) is -0.147. The molecule has 5 nitrogen and oxygen atoms in total. The number of anilines is 1. The van der Waals surface area contributed by atoms with Gasteiger partial charge in [-0.3, -0.25) is 4.79 Å². The Morgan fingerprint density at radius 2 is 2.00 bits per heavy atom. The van der Waals surface area contributed by atoms with E-state index in [0.29, 0.717) is 23.4 Å². The van der Waals surface area contributed by atoms with Crippen LogP contribution in [0.1, 0.15) is 27.2 Å². The molecule has 0 saturated carbocycles. The average Bonchev–Trinajstić information content (AvgIpc) is 3.31. The first-order chi connectivity index (χ1) is 14.0. The molecular formula is C23H18N4OS. The summed E-state index contributed by atoms with van der Waals surface area (Å²) in [4.78, 5) is 13.1. The Bertz CT molecular complexity index is 1260. The highest BCUT2D eigenvalue weighted by Crippen LogP contribution is 2.26. The molecule has 4 rings (SSSR count). The zero-order valence-corrected chi connectivity index (χ0v) is 16.7. The van der Waals surface area contributed by atoms with E-state index in [0.717, 1.165) is 27.2 Å². The van der Waals surface area contributed by atoms with Gasteiger partial charge < -0.3 is 9.88 Å². The third kappa shape index (κ3) is 3.82. The monoisotopic (exact) mass is 398 g/mol. The highest BCUT2D eigenvalue weighted by Gasteiger charge is 2.18. The standard InChI is InChI=1S/C23H18N4OS/c1-15-11-22(29-26-15)25-16(2)23(28)20-14-27(21-6-4-3-5-19(20)21)13-18-9-7-17(12-24)8-10-18/h3-11,14,25H,2,13H2,1H3. The van der Waals surface area contributed by atoms with Crippen LogP contribution in [-0.4, -0.2) is 14.7 Å². The lowest BCUT2D eigenvalue weighted by Crippen LogP contribution is -2.09. The summed E-state index contributed by atoms with van der Waals surface area (Å²) < 4.78 is 6.27. The lowest BCUT2D eigenvalue weighted by molar-refractivity contribution is 0.103. The Balaban J connectivity index is 1.65. The topological polar surface area (TPSA) is 70.7 Å². The fraction of sp³-hybridized carbons (Fsp3) is 0.0870. The Morgan fingerprint density at radius 3 is 2.69 bits per heavy atom. The number of hydrogen-bond donors (Lipinski definition) is 1. The number of benzene rings is 2. The first kappa shape index (κ1) is 18.7. The van der Waals surface area contributed by atoms with Crippen LogP contribution < -0.4 is 5.32 Å². The van der Waals surface area contributed by atoms with Crippen LogP contribution in [0.5, 0.6) is 0 Å². The van der Waals surface area contributed by atoms with Crippen molar-refractivity contribution in [3.8, 4) is 6.07 Å². The first-order valence-corrected chi connectivity index (χ1v) is 9.83. The fourth-order valence-electron chi connectivity index (χ4n) is 3.23. The molecular weight excluding hydrogens is 380 g/mol. The number of rotatable bonds is 6. The van der Waals surface area contributed by atoms with Crippen LogP contribution in [-0.2, 0) is 6.54 Å². The van der Waals surface area contributed by atoms with Crippen molar-refractivity contribution in [2.24, 2.45) is 0 Å². The number of ketones is 1. The van der Waals surface area contributed by atoms with Gasteiger partial charge in [0.25, 0.3) is 0 Å². The minimum absolute atomic E-state index is 0.147. The average molecular weight is 398 g/mol. The molecule has 0 unspecified atom stereocenters. The van der Waals surface area contributed by atoms with Crippen molar-refractivity contribution in [2.45, 2.75) is 13.5 Å². The van der Waals surface area contributed by atoms with Gasteiger partial charge in [0.1, 0.15) is 5.00 Å². The molecule has 2 aromatic heterocycles. The number of aryl methyl sites for hydroxylation is 1. The molecule has 0 spiro atoms. The second-order valence-corrected chi connectivity index (χ2v) is 7.57. The number of Topliss-reactive ketones (excluding diaryl/α,β-unsaturated/α-hetero) is 1. The lowest BCUT2D eigenvalue weighted by Gasteiger charge is -2.06. The summed E-state index contributed by atoms with van der Waals surface area (Å²) in [5.41, 5.74) is 4.48. The molecule has 0 atom stereocenters. The van der Waals surface area contributed by atoms with Gasteiger partial charge in [-0.25, -0.2) is 0 Å². The smallest absolute Gasteiger partial charge is 0.210 e. The summed E-state index contributed by atoms with van der Waals surface area (Å²) in [6.45, 7) is 6.44. The van der Waals surface area contributed by atoms with Gasteiger partial charge in [0.05, 0.1) is 23.0 Å². The van der Waals surface area contributed by atoms with E-state index in [9.17, 15) is 4.79 Å². The molecule has 2 heterocycles. The number of nitriles is 1. The molecule has 0 aliphatic heterocycles. The predicted octanol–water partition coefficient (Wildman–Crippen LogP) is 5.13. The summed E-state index contributed by atoms with van der Waals surface area (Å²) in [5, 5.41) is 13.7. The second kappa shape index (κ2) is 7.74. The maximum Gasteiger partial charge on any atom is 0.210 e. The van der Waals surface area contributed by atoms with E-state index in [1.807, 2.05) is 60.2 Å². The number of nitrogens with one attached hydrogen (secondary N) is 1. The van der Waals surface area contributed by atoms with E-state index < -0.39 is 0 Å². The van der Waals surface area contributed by atoms with Gasteiger partial charge in [0.2, 0.25) is 5.78 Å². The molecule has 0 fully saturated rings. The second-order valence-electron chi connectivity index (χ2n) is 6.76. The molecule has 0 aliphatic rings. The zero-order chi connectivity index (χ0) is 20.4. The summed E-state index contributed by atoms with van der Waals surface area (Å²) in [7, 11) is 0. The third-order valence-corrected chi connectivity index (χ3v) is 5.44. The van der Waals surface area contributed by atoms with Crippen LogP contribution in [0.3, 0.4) is 0 Å².